The lowest BCUT2D eigenvalue weighted by Crippen LogP contribution is -2.72. The number of fused-ring (bicyclic) bond motifs is 2. The molecule has 27 heavy (non-hydrogen) atoms. The van der Waals surface area contributed by atoms with Gasteiger partial charge in [-0.2, -0.15) is 0 Å². The zero-order chi connectivity index (χ0) is 19.4. The number of hydrogen-bond donors (Lipinski definition) is 2. The maximum absolute atomic E-state index is 12.1. The third-order valence-electron chi connectivity index (χ3n) is 6.60. The van der Waals surface area contributed by atoms with E-state index in [9.17, 15) is 9.59 Å². The number of aliphatic carboxylic acids is 1. The number of nitrogens with two attached hydrogens (primary N) is 1. The Morgan fingerprint density at radius 1 is 1.19 bits per heavy atom. The topological polar surface area (TPSA) is 127 Å². The first-order valence-electron chi connectivity index (χ1n) is 9.62. The summed E-state index contributed by atoms with van der Waals surface area (Å²) in [7, 11) is 0. The Morgan fingerprint density at radius 3 is 2.70 bits per heavy atom. The molecule has 4 heterocycles. The van der Waals surface area contributed by atoms with Crippen LogP contribution in [0, 0.1) is 17.8 Å². The van der Waals surface area contributed by atoms with E-state index in [-0.39, 0.29) is 36.6 Å². The molecular formula is C18H27NO8. The van der Waals surface area contributed by atoms with Gasteiger partial charge >= 0.3 is 11.9 Å². The van der Waals surface area contributed by atoms with Crippen molar-refractivity contribution in [3.05, 3.63) is 0 Å². The predicted molar refractivity (Wildman–Crippen MR) is 88.6 cm³/mol. The van der Waals surface area contributed by atoms with Gasteiger partial charge in [0.1, 0.15) is 0 Å². The molecule has 5 fully saturated rings. The van der Waals surface area contributed by atoms with Crippen LogP contribution in [0.3, 0.4) is 0 Å². The van der Waals surface area contributed by atoms with E-state index in [0.29, 0.717) is 6.42 Å². The molecule has 0 aromatic rings. The van der Waals surface area contributed by atoms with Crippen molar-refractivity contribution < 1.29 is 38.7 Å². The first kappa shape index (κ1) is 19.1. The van der Waals surface area contributed by atoms with Crippen molar-refractivity contribution >= 4 is 11.9 Å². The normalized spacial score (nSPS) is 48.4. The zero-order valence-corrected chi connectivity index (χ0v) is 15.6. The number of esters is 1. The van der Waals surface area contributed by atoms with Crippen molar-refractivity contribution in [2.75, 3.05) is 0 Å². The Bertz CT molecular complexity index is 628. The molecule has 4 saturated heterocycles. The van der Waals surface area contributed by atoms with E-state index in [2.05, 4.69) is 0 Å². The molecule has 0 aromatic carbocycles. The quantitative estimate of drug-likeness (QED) is 0.543. The van der Waals surface area contributed by atoms with Gasteiger partial charge in [0, 0.05) is 30.2 Å². The smallest absolute Gasteiger partial charge is 0.308 e. The molecule has 5 rings (SSSR count). The van der Waals surface area contributed by atoms with Gasteiger partial charge in [0.2, 0.25) is 12.1 Å². The van der Waals surface area contributed by atoms with E-state index in [4.69, 9.17) is 34.8 Å². The molecule has 8 atom stereocenters. The lowest BCUT2D eigenvalue weighted by atomic mass is 9.60. The summed E-state index contributed by atoms with van der Waals surface area (Å²) in [5, 5.41) is 8.75. The van der Waals surface area contributed by atoms with Gasteiger partial charge in [-0.15, -0.1) is 0 Å². The second-order valence-corrected chi connectivity index (χ2v) is 8.34. The minimum atomic E-state index is -1.05. The van der Waals surface area contributed by atoms with Crippen LogP contribution in [0.25, 0.3) is 0 Å². The van der Waals surface area contributed by atoms with Crippen molar-refractivity contribution in [1.82, 2.24) is 0 Å². The fourth-order valence-electron chi connectivity index (χ4n) is 5.15. The molecule has 0 amide bonds. The number of carbonyl (C=O) groups is 2. The number of carbonyl (C=O) groups excluding carboxylic acids is 1. The summed E-state index contributed by atoms with van der Waals surface area (Å²) in [6.07, 6.45) is 1.01. The van der Waals surface area contributed by atoms with Crippen LogP contribution in [0.1, 0.15) is 52.4 Å². The van der Waals surface area contributed by atoms with Gasteiger partial charge in [0.15, 0.2) is 11.9 Å². The molecule has 5 aliphatic rings. The van der Waals surface area contributed by atoms with Gasteiger partial charge in [-0.1, -0.05) is 6.92 Å². The molecule has 1 aliphatic carbocycles. The number of carboxylic acid groups (broad SMARTS) is 1. The molecule has 0 aromatic heterocycles. The monoisotopic (exact) mass is 385 g/mol. The highest BCUT2D eigenvalue weighted by atomic mass is 17.3. The van der Waals surface area contributed by atoms with Crippen LogP contribution in [0.4, 0.5) is 0 Å². The van der Waals surface area contributed by atoms with Crippen molar-refractivity contribution in [2.24, 2.45) is 23.5 Å². The van der Waals surface area contributed by atoms with Crippen LogP contribution in [-0.2, 0) is 33.6 Å². The third-order valence-corrected chi connectivity index (χ3v) is 6.60. The summed E-state index contributed by atoms with van der Waals surface area (Å²) in [6, 6.07) is -0.0399. The van der Waals surface area contributed by atoms with Crippen LogP contribution in [-0.4, -0.2) is 47.1 Å². The lowest BCUT2D eigenvalue weighted by molar-refractivity contribution is -0.575. The fourth-order valence-corrected chi connectivity index (χ4v) is 5.15. The maximum Gasteiger partial charge on any atom is 0.308 e. The van der Waals surface area contributed by atoms with Gasteiger partial charge in [0.05, 0.1) is 12.8 Å². The number of rotatable bonds is 4. The first-order valence-corrected chi connectivity index (χ1v) is 9.62. The predicted octanol–water partition coefficient (Wildman–Crippen LogP) is 1.29. The van der Waals surface area contributed by atoms with E-state index in [0.717, 1.165) is 19.3 Å². The van der Waals surface area contributed by atoms with Crippen molar-refractivity contribution in [3.8, 4) is 0 Å². The summed E-state index contributed by atoms with van der Waals surface area (Å²) >= 11 is 0. The number of ether oxygens (including phenoxy) is 3. The van der Waals surface area contributed by atoms with Crippen LogP contribution < -0.4 is 5.73 Å². The highest BCUT2D eigenvalue weighted by molar-refractivity contribution is 5.76. The van der Waals surface area contributed by atoms with Gasteiger partial charge in [-0.3, -0.25) is 9.59 Å². The molecule has 0 unspecified atom stereocenters. The highest BCUT2D eigenvalue weighted by Crippen LogP contribution is 2.59. The van der Waals surface area contributed by atoms with E-state index < -0.39 is 35.9 Å². The third kappa shape index (κ3) is 3.05. The van der Waals surface area contributed by atoms with E-state index in [1.54, 1.807) is 6.92 Å². The summed E-state index contributed by atoms with van der Waals surface area (Å²) < 4.78 is 17.7. The minimum Gasteiger partial charge on any atom is -0.481 e. The van der Waals surface area contributed by atoms with Crippen molar-refractivity contribution in [2.45, 2.75) is 82.4 Å². The Hall–Kier alpha value is -1.26. The van der Waals surface area contributed by atoms with Gasteiger partial charge in [0.25, 0.3) is 0 Å². The van der Waals surface area contributed by atoms with Gasteiger partial charge in [-0.05, 0) is 26.2 Å². The molecule has 1 saturated carbocycles. The largest absolute Gasteiger partial charge is 0.481 e. The van der Waals surface area contributed by atoms with Crippen LogP contribution in [0.5, 0.6) is 0 Å². The van der Waals surface area contributed by atoms with Crippen LogP contribution in [0.2, 0.25) is 0 Å². The summed E-state index contributed by atoms with van der Waals surface area (Å²) in [6.45, 7) is 3.74. The Morgan fingerprint density at radius 2 is 1.96 bits per heavy atom. The van der Waals surface area contributed by atoms with E-state index in [1.807, 2.05) is 6.92 Å². The number of hydrogen-bond acceptors (Lipinski definition) is 8. The lowest BCUT2D eigenvalue weighted by Gasteiger charge is -2.59. The summed E-state index contributed by atoms with van der Waals surface area (Å²) in [4.78, 5) is 34.4. The summed E-state index contributed by atoms with van der Waals surface area (Å²) in [5.41, 5.74) is 5.60. The molecule has 2 bridgehead atoms. The first-order chi connectivity index (χ1) is 12.7. The SMILES string of the molecule is C[C@H]1[C@H](OC(=O)CCC(=O)O)O[C@@H]2O[C@@]3(C)CC[C@H]4[C@H](N)CC[C@@H]1[C@@]24OO3. The second-order valence-electron chi connectivity index (χ2n) is 8.34. The number of carboxylic acids is 1. The fraction of sp³-hybridized carbons (Fsp3) is 0.889. The zero-order valence-electron chi connectivity index (χ0n) is 15.6. The highest BCUT2D eigenvalue weighted by Gasteiger charge is 2.70. The Balaban J connectivity index is 1.58. The molecule has 9 nitrogen and oxygen atoms in total. The van der Waals surface area contributed by atoms with Crippen molar-refractivity contribution in [1.29, 1.82) is 0 Å². The van der Waals surface area contributed by atoms with Crippen LogP contribution >= 0.6 is 0 Å². The van der Waals surface area contributed by atoms with E-state index in [1.165, 1.54) is 0 Å². The molecule has 4 aliphatic heterocycles. The minimum absolute atomic E-state index is 0.0130. The van der Waals surface area contributed by atoms with Crippen molar-refractivity contribution in [3.63, 3.8) is 0 Å². The maximum atomic E-state index is 12.1. The van der Waals surface area contributed by atoms with Gasteiger partial charge < -0.3 is 25.1 Å². The van der Waals surface area contributed by atoms with E-state index >= 15 is 0 Å². The standard InChI is InChI=1S/C18H27NO8/c1-9-10-3-4-12(19)11-7-8-17(2)25-16(18(10,11)27-26-17)24-15(9)23-14(22)6-5-13(20)21/h9-12,15-16H,3-8,19H2,1-2H3,(H,20,21)/t9-,10+,11+,12-,15-,16-,17-,18+/m1/s1. The Labute approximate surface area is 157 Å². The van der Waals surface area contributed by atoms with Gasteiger partial charge in [-0.25, -0.2) is 9.78 Å². The van der Waals surface area contributed by atoms with Crippen LogP contribution in [0.15, 0.2) is 0 Å². The molecule has 9 heteroatoms. The average molecular weight is 385 g/mol. The molecule has 0 radical (unpaired) electrons. The molecule has 152 valence electrons. The second kappa shape index (κ2) is 6.66. The molecule has 3 N–H and O–H groups in total. The summed E-state index contributed by atoms with van der Waals surface area (Å²) in [5.74, 6) is -2.74. The average Bonchev–Trinajstić information content (AvgIpc) is 2.84. The molecule has 1 spiro atoms. The molecular weight excluding hydrogens is 358 g/mol. The Kier molecular flexibility index (Phi) is 4.71.